The van der Waals surface area contributed by atoms with Crippen LogP contribution < -0.4 is 5.32 Å². The Morgan fingerprint density at radius 2 is 1.02 bits per heavy atom. The first-order valence-electron chi connectivity index (χ1n) is 24.6. The predicted molar refractivity (Wildman–Crippen MR) is 238 cm³/mol. The topological polar surface area (TPSA) is 189 Å². The van der Waals surface area contributed by atoms with Gasteiger partial charge in [-0.3, -0.25) is 4.79 Å². The van der Waals surface area contributed by atoms with Crippen LogP contribution in [0.5, 0.6) is 0 Å². The molecule has 0 saturated carbocycles. The smallest absolute Gasteiger partial charge is 0.249 e. The van der Waals surface area contributed by atoms with Gasteiger partial charge in [0, 0.05) is 6.42 Å². The lowest BCUT2D eigenvalue weighted by Gasteiger charge is -2.40. The molecular weight excluding hydrogens is 751 g/mol. The van der Waals surface area contributed by atoms with Crippen molar-refractivity contribution in [1.29, 1.82) is 0 Å². The fraction of sp³-hybridized carbons (Fsp3) is 0.938. The first-order valence-corrected chi connectivity index (χ1v) is 24.6. The molecule has 0 aliphatic carbocycles. The van der Waals surface area contributed by atoms with Gasteiger partial charge in [0.1, 0.15) is 36.6 Å². The van der Waals surface area contributed by atoms with Crippen molar-refractivity contribution in [2.24, 2.45) is 0 Å². The molecule has 0 unspecified atom stereocenters. The number of allylic oxidation sites excluding steroid dienone is 1. The number of unbranched alkanes of at least 4 members (excludes halogenated alkanes) is 28. The maximum absolute atomic E-state index is 13.1. The summed E-state index contributed by atoms with van der Waals surface area (Å²) >= 11 is 0. The number of amides is 1. The van der Waals surface area contributed by atoms with Crippen LogP contribution in [0, 0.1) is 0 Å². The van der Waals surface area contributed by atoms with Crippen LogP contribution in [-0.2, 0) is 14.3 Å². The number of hydrogen-bond acceptors (Lipinski definition) is 10. The van der Waals surface area contributed by atoms with Crippen LogP contribution in [0.3, 0.4) is 0 Å². The lowest BCUT2D eigenvalue weighted by molar-refractivity contribution is -0.303. The van der Waals surface area contributed by atoms with Crippen molar-refractivity contribution in [2.45, 2.75) is 274 Å². The highest BCUT2D eigenvalue weighted by Gasteiger charge is 2.44. The molecule has 0 radical (unpaired) electrons. The number of nitrogens with one attached hydrogen (secondary N) is 1. The van der Waals surface area contributed by atoms with E-state index in [0.717, 1.165) is 38.5 Å². The molecule has 59 heavy (non-hydrogen) atoms. The zero-order chi connectivity index (χ0) is 43.4. The standard InChI is InChI=1S/C48H93NO10/c1-3-5-7-9-11-13-15-17-19-20-21-22-24-25-27-29-31-33-35-40(51)43(53)39(38-58-48-46(56)45(55)44(54)42(37-50)59-48)49-47(57)41(52)36-34-32-30-28-26-23-18-16-14-12-10-8-6-4-2/h32,34,39-46,48,50-56H,3-31,33,35-38H2,1-2H3,(H,49,57)/b34-32+/t39-,40+,41+,42+,43-,44+,45-,46+,48+/m0/s1. The molecule has 1 saturated heterocycles. The second kappa shape index (κ2) is 38.5. The van der Waals surface area contributed by atoms with Crippen molar-refractivity contribution < 1.29 is 50.0 Å². The maximum Gasteiger partial charge on any atom is 0.249 e. The third kappa shape index (κ3) is 28.2. The van der Waals surface area contributed by atoms with E-state index >= 15 is 0 Å². The highest BCUT2D eigenvalue weighted by atomic mass is 16.7. The summed E-state index contributed by atoms with van der Waals surface area (Å²) in [7, 11) is 0. The van der Waals surface area contributed by atoms with Gasteiger partial charge >= 0.3 is 0 Å². The average Bonchev–Trinajstić information content (AvgIpc) is 3.23. The molecule has 1 amide bonds. The number of carbonyl (C=O) groups excluding carboxylic acids is 1. The van der Waals surface area contributed by atoms with E-state index in [2.05, 4.69) is 19.2 Å². The van der Waals surface area contributed by atoms with Crippen LogP contribution in [0.4, 0.5) is 0 Å². The van der Waals surface area contributed by atoms with Gasteiger partial charge in [0.05, 0.1) is 25.4 Å². The molecule has 350 valence electrons. The molecule has 0 spiro atoms. The van der Waals surface area contributed by atoms with Gasteiger partial charge in [0.25, 0.3) is 0 Å². The van der Waals surface area contributed by atoms with E-state index in [0.29, 0.717) is 12.8 Å². The molecule has 1 aliphatic rings. The molecule has 0 aromatic rings. The molecule has 1 aliphatic heterocycles. The Labute approximate surface area is 360 Å². The minimum absolute atomic E-state index is 0.0854. The van der Waals surface area contributed by atoms with Gasteiger partial charge in [0.2, 0.25) is 5.91 Å². The molecule has 11 nitrogen and oxygen atoms in total. The molecule has 8 N–H and O–H groups in total. The van der Waals surface area contributed by atoms with E-state index in [-0.39, 0.29) is 6.42 Å². The Kier molecular flexibility index (Phi) is 36.5. The molecule has 0 aromatic carbocycles. The van der Waals surface area contributed by atoms with Crippen LogP contribution in [0.25, 0.3) is 0 Å². The molecule has 9 atom stereocenters. The van der Waals surface area contributed by atoms with Crippen molar-refractivity contribution in [1.82, 2.24) is 5.32 Å². The quantitative estimate of drug-likeness (QED) is 0.0219. The second-order valence-electron chi connectivity index (χ2n) is 17.5. The van der Waals surface area contributed by atoms with E-state index in [1.54, 1.807) is 6.08 Å². The number of aliphatic hydroxyl groups excluding tert-OH is 7. The van der Waals surface area contributed by atoms with Gasteiger partial charge in [-0.2, -0.15) is 0 Å². The van der Waals surface area contributed by atoms with Crippen molar-refractivity contribution in [3.8, 4) is 0 Å². The summed E-state index contributed by atoms with van der Waals surface area (Å²) in [6.07, 6.45) is 29.9. The summed E-state index contributed by atoms with van der Waals surface area (Å²) in [5.41, 5.74) is 0. The Balaban J connectivity index is 2.43. The molecule has 1 heterocycles. The molecule has 1 rings (SSSR count). The number of carbonyl (C=O) groups is 1. The Hall–Kier alpha value is -1.15. The summed E-state index contributed by atoms with van der Waals surface area (Å²) < 4.78 is 11.1. The zero-order valence-electron chi connectivity index (χ0n) is 37.7. The lowest BCUT2D eigenvalue weighted by Crippen LogP contribution is -2.60. The van der Waals surface area contributed by atoms with Gasteiger partial charge in [-0.25, -0.2) is 0 Å². The van der Waals surface area contributed by atoms with E-state index in [1.165, 1.54) is 148 Å². The largest absolute Gasteiger partial charge is 0.394 e. The zero-order valence-corrected chi connectivity index (χ0v) is 37.7. The van der Waals surface area contributed by atoms with Gasteiger partial charge in [-0.15, -0.1) is 0 Å². The average molecular weight is 844 g/mol. The molecule has 0 bridgehead atoms. The van der Waals surface area contributed by atoms with Crippen LogP contribution >= 0.6 is 0 Å². The van der Waals surface area contributed by atoms with Gasteiger partial charge in [-0.1, -0.05) is 206 Å². The van der Waals surface area contributed by atoms with Crippen LogP contribution in [0.1, 0.15) is 219 Å². The molecule has 1 fully saturated rings. The van der Waals surface area contributed by atoms with Crippen molar-refractivity contribution in [3.63, 3.8) is 0 Å². The fourth-order valence-electron chi connectivity index (χ4n) is 7.98. The summed E-state index contributed by atoms with van der Waals surface area (Å²) in [5.74, 6) is -0.744. The summed E-state index contributed by atoms with van der Waals surface area (Å²) in [4.78, 5) is 13.1. The van der Waals surface area contributed by atoms with Gasteiger partial charge < -0.3 is 50.5 Å². The SMILES string of the molecule is CCCCCCCCCCCCC/C=C/C[C@@H](O)C(=O)N[C@@H](CO[C@@H]1O[C@H](CO)[C@@H](O)[C@H](O)[C@H]1O)[C@H](O)[C@H](O)CCCCCCCCCCCCCCCCCCCC. The normalized spacial score (nSPS) is 21.8. The summed E-state index contributed by atoms with van der Waals surface area (Å²) in [6.45, 7) is 3.43. The van der Waals surface area contributed by atoms with Crippen LogP contribution in [0.2, 0.25) is 0 Å². The highest BCUT2D eigenvalue weighted by molar-refractivity contribution is 5.81. The fourth-order valence-corrected chi connectivity index (χ4v) is 7.98. The van der Waals surface area contributed by atoms with E-state index in [9.17, 15) is 40.5 Å². The van der Waals surface area contributed by atoms with E-state index < -0.39 is 74.2 Å². The van der Waals surface area contributed by atoms with Crippen LogP contribution in [0.15, 0.2) is 12.2 Å². The van der Waals surface area contributed by atoms with E-state index in [4.69, 9.17) is 9.47 Å². The summed E-state index contributed by atoms with van der Waals surface area (Å²) in [5, 5.41) is 75.7. The second-order valence-corrected chi connectivity index (χ2v) is 17.5. The maximum atomic E-state index is 13.1. The first kappa shape index (κ1) is 55.9. The van der Waals surface area contributed by atoms with Crippen molar-refractivity contribution in [2.75, 3.05) is 13.2 Å². The summed E-state index contributed by atoms with van der Waals surface area (Å²) in [6, 6.07) is -1.18. The number of rotatable bonds is 41. The predicted octanol–water partition coefficient (Wildman–Crippen LogP) is 8.45. The molecular formula is C48H93NO10. The molecule has 11 heteroatoms. The Morgan fingerprint density at radius 3 is 1.46 bits per heavy atom. The third-order valence-corrected chi connectivity index (χ3v) is 12.1. The first-order chi connectivity index (χ1) is 28.7. The van der Waals surface area contributed by atoms with Crippen molar-refractivity contribution >= 4 is 5.91 Å². The Morgan fingerprint density at radius 1 is 0.593 bits per heavy atom. The van der Waals surface area contributed by atoms with Gasteiger partial charge in [-0.05, 0) is 19.3 Å². The van der Waals surface area contributed by atoms with Crippen molar-refractivity contribution in [3.05, 3.63) is 12.2 Å². The van der Waals surface area contributed by atoms with Crippen LogP contribution in [-0.4, -0.2) is 110 Å². The van der Waals surface area contributed by atoms with E-state index in [1.807, 2.05) is 6.08 Å². The Bertz CT molecular complexity index is 970. The van der Waals surface area contributed by atoms with Gasteiger partial charge in [0.15, 0.2) is 6.29 Å². The lowest BCUT2D eigenvalue weighted by atomic mass is 9.98. The highest BCUT2D eigenvalue weighted by Crippen LogP contribution is 2.23. The number of ether oxygens (including phenoxy) is 2. The minimum Gasteiger partial charge on any atom is -0.394 e. The molecule has 0 aromatic heterocycles. The third-order valence-electron chi connectivity index (χ3n) is 12.1. The monoisotopic (exact) mass is 844 g/mol. The number of hydrogen-bond donors (Lipinski definition) is 8. The minimum atomic E-state index is -1.66. The number of aliphatic hydroxyl groups is 7.